The van der Waals surface area contributed by atoms with E-state index in [1.54, 1.807) is 14.2 Å². The zero-order valence-electron chi connectivity index (χ0n) is 18.5. The minimum absolute atomic E-state index is 0. The Labute approximate surface area is 201 Å². The molecule has 0 aliphatic rings. The van der Waals surface area contributed by atoms with Gasteiger partial charge in [0.1, 0.15) is 0 Å². The summed E-state index contributed by atoms with van der Waals surface area (Å²) in [6, 6.07) is 14.5. The lowest BCUT2D eigenvalue weighted by Crippen LogP contribution is -2.38. The first-order chi connectivity index (χ1) is 14.7. The van der Waals surface area contributed by atoms with E-state index in [0.29, 0.717) is 0 Å². The number of rotatable bonds is 10. The van der Waals surface area contributed by atoms with Gasteiger partial charge in [0, 0.05) is 36.7 Å². The van der Waals surface area contributed by atoms with Crippen LogP contribution in [0.15, 0.2) is 53.7 Å². The number of aromatic amines is 1. The number of benzene rings is 2. The van der Waals surface area contributed by atoms with E-state index in [0.717, 1.165) is 56.4 Å². The van der Waals surface area contributed by atoms with Crippen LogP contribution in [-0.4, -0.2) is 44.8 Å². The quantitative estimate of drug-likeness (QED) is 0.154. The van der Waals surface area contributed by atoms with Crippen molar-refractivity contribution in [1.29, 1.82) is 0 Å². The largest absolute Gasteiger partial charge is 0.493 e. The minimum Gasteiger partial charge on any atom is -0.493 e. The van der Waals surface area contributed by atoms with Crippen LogP contribution in [0.4, 0.5) is 0 Å². The highest BCUT2D eigenvalue weighted by molar-refractivity contribution is 14.0. The summed E-state index contributed by atoms with van der Waals surface area (Å²) >= 11 is 0. The van der Waals surface area contributed by atoms with E-state index in [1.807, 2.05) is 12.1 Å². The van der Waals surface area contributed by atoms with Crippen molar-refractivity contribution in [2.45, 2.75) is 26.2 Å². The van der Waals surface area contributed by atoms with E-state index in [9.17, 15) is 0 Å². The van der Waals surface area contributed by atoms with E-state index in [-0.39, 0.29) is 24.0 Å². The van der Waals surface area contributed by atoms with Crippen LogP contribution in [0.5, 0.6) is 11.5 Å². The Kier molecular flexibility index (Phi) is 10.5. The average Bonchev–Trinajstić information content (AvgIpc) is 3.19. The number of ether oxygens (including phenoxy) is 2. The predicted octanol–water partition coefficient (Wildman–Crippen LogP) is 4.53. The number of methoxy groups -OCH3 is 2. The van der Waals surface area contributed by atoms with Crippen molar-refractivity contribution in [2.75, 3.05) is 33.9 Å². The first-order valence-corrected chi connectivity index (χ1v) is 10.5. The van der Waals surface area contributed by atoms with Crippen LogP contribution in [-0.2, 0) is 12.8 Å². The molecule has 3 rings (SSSR count). The molecule has 0 unspecified atom stereocenters. The maximum absolute atomic E-state index is 5.38. The molecule has 0 saturated heterocycles. The second-order valence-electron chi connectivity index (χ2n) is 7.09. The summed E-state index contributed by atoms with van der Waals surface area (Å²) in [5.41, 5.74) is 3.74. The molecule has 0 radical (unpaired) electrons. The fraction of sp³-hybridized carbons (Fsp3) is 0.375. The van der Waals surface area contributed by atoms with Gasteiger partial charge in [-0.25, -0.2) is 0 Å². The van der Waals surface area contributed by atoms with E-state index in [1.165, 1.54) is 22.0 Å². The van der Waals surface area contributed by atoms with Gasteiger partial charge in [0.25, 0.3) is 0 Å². The summed E-state index contributed by atoms with van der Waals surface area (Å²) in [7, 11) is 3.31. The number of halogens is 1. The molecule has 0 spiro atoms. The molecule has 1 heterocycles. The maximum atomic E-state index is 5.38. The molecule has 2 aromatic carbocycles. The lowest BCUT2D eigenvalue weighted by molar-refractivity contribution is 0.354. The van der Waals surface area contributed by atoms with Crippen molar-refractivity contribution in [2.24, 2.45) is 4.99 Å². The molecule has 1 aromatic heterocycles. The molecule has 168 valence electrons. The Bertz CT molecular complexity index is 971. The number of nitrogens with one attached hydrogen (secondary N) is 3. The zero-order valence-corrected chi connectivity index (χ0v) is 20.9. The molecule has 0 fully saturated rings. The van der Waals surface area contributed by atoms with Gasteiger partial charge in [-0.3, -0.25) is 4.99 Å². The van der Waals surface area contributed by atoms with Gasteiger partial charge in [-0.05, 0) is 55.5 Å². The third-order valence-electron chi connectivity index (χ3n) is 5.05. The molecule has 3 aromatic rings. The molecular formula is C24H33IN4O2. The van der Waals surface area contributed by atoms with E-state index in [2.05, 4.69) is 59.1 Å². The average molecular weight is 536 g/mol. The Morgan fingerprint density at radius 1 is 1.00 bits per heavy atom. The van der Waals surface area contributed by atoms with Crippen LogP contribution in [0.1, 0.15) is 24.5 Å². The second kappa shape index (κ2) is 13.1. The molecule has 0 aliphatic carbocycles. The summed E-state index contributed by atoms with van der Waals surface area (Å²) < 4.78 is 10.7. The lowest BCUT2D eigenvalue weighted by atomic mass is 10.1. The number of H-pyrrole nitrogens is 1. The van der Waals surface area contributed by atoms with Crippen LogP contribution >= 0.6 is 24.0 Å². The molecule has 7 heteroatoms. The molecule has 0 saturated carbocycles. The standard InChI is InChI=1S/C24H32N4O2.HI/c1-4-25-24(27-15-13-18-11-12-22(29-2)23(16-18)30-3)26-14-7-8-19-17-28-21-10-6-5-9-20(19)21;/h5-6,9-12,16-17,28H,4,7-8,13-15H2,1-3H3,(H2,25,26,27);1H. The summed E-state index contributed by atoms with van der Waals surface area (Å²) in [6.07, 6.45) is 5.01. The van der Waals surface area contributed by atoms with Gasteiger partial charge in [-0.1, -0.05) is 24.3 Å². The van der Waals surface area contributed by atoms with E-state index < -0.39 is 0 Å². The Morgan fingerprint density at radius 2 is 1.81 bits per heavy atom. The topological polar surface area (TPSA) is 70.7 Å². The molecule has 6 nitrogen and oxygen atoms in total. The van der Waals surface area contributed by atoms with Crippen molar-refractivity contribution >= 4 is 40.8 Å². The number of aliphatic imine (C=N–C) groups is 1. The fourth-order valence-corrected chi connectivity index (χ4v) is 3.50. The highest BCUT2D eigenvalue weighted by atomic mass is 127. The number of hydrogen-bond acceptors (Lipinski definition) is 3. The highest BCUT2D eigenvalue weighted by Crippen LogP contribution is 2.27. The van der Waals surface area contributed by atoms with Gasteiger partial charge in [0.15, 0.2) is 17.5 Å². The number of aryl methyl sites for hydroxylation is 1. The number of hydrogen-bond donors (Lipinski definition) is 3. The monoisotopic (exact) mass is 536 g/mol. The van der Waals surface area contributed by atoms with Gasteiger partial charge in [-0.2, -0.15) is 0 Å². The third-order valence-corrected chi connectivity index (χ3v) is 5.05. The number of para-hydroxylation sites is 1. The summed E-state index contributed by atoms with van der Waals surface area (Å²) in [5.74, 6) is 2.36. The van der Waals surface area contributed by atoms with Gasteiger partial charge >= 0.3 is 0 Å². The fourth-order valence-electron chi connectivity index (χ4n) is 3.50. The Morgan fingerprint density at radius 3 is 2.58 bits per heavy atom. The van der Waals surface area contributed by atoms with Gasteiger partial charge in [0.2, 0.25) is 0 Å². The molecule has 0 bridgehead atoms. The Balaban J connectivity index is 0.00000341. The van der Waals surface area contributed by atoms with E-state index in [4.69, 9.17) is 14.5 Å². The zero-order chi connectivity index (χ0) is 21.2. The Hall–Kier alpha value is -2.42. The normalized spacial score (nSPS) is 11.1. The number of nitrogens with zero attached hydrogens (tertiary/aromatic N) is 1. The minimum atomic E-state index is 0. The number of aromatic nitrogens is 1. The number of guanidine groups is 1. The molecule has 31 heavy (non-hydrogen) atoms. The van der Waals surface area contributed by atoms with Crippen molar-refractivity contribution < 1.29 is 9.47 Å². The highest BCUT2D eigenvalue weighted by Gasteiger charge is 2.05. The van der Waals surface area contributed by atoms with E-state index >= 15 is 0 Å². The smallest absolute Gasteiger partial charge is 0.191 e. The van der Waals surface area contributed by atoms with Crippen LogP contribution < -0.4 is 20.1 Å². The van der Waals surface area contributed by atoms with Crippen molar-refractivity contribution in [1.82, 2.24) is 15.6 Å². The van der Waals surface area contributed by atoms with Crippen molar-refractivity contribution in [3.05, 3.63) is 59.8 Å². The molecule has 0 atom stereocenters. The van der Waals surface area contributed by atoms with Crippen molar-refractivity contribution in [3.63, 3.8) is 0 Å². The number of fused-ring (bicyclic) bond motifs is 1. The third kappa shape index (κ3) is 7.05. The SMILES string of the molecule is CCNC(=NCCCc1c[nH]c2ccccc12)NCCc1ccc(OC)c(OC)c1.I. The molecule has 0 amide bonds. The van der Waals surface area contributed by atoms with Crippen LogP contribution in [0.25, 0.3) is 10.9 Å². The second-order valence-corrected chi connectivity index (χ2v) is 7.09. The first kappa shape index (κ1) is 24.8. The lowest BCUT2D eigenvalue weighted by Gasteiger charge is -2.12. The van der Waals surface area contributed by atoms with Crippen molar-refractivity contribution in [3.8, 4) is 11.5 Å². The van der Waals surface area contributed by atoms with Gasteiger partial charge < -0.3 is 25.1 Å². The van der Waals surface area contributed by atoms with Crippen LogP contribution in [0.3, 0.4) is 0 Å². The van der Waals surface area contributed by atoms with Crippen LogP contribution in [0.2, 0.25) is 0 Å². The molecular weight excluding hydrogens is 503 g/mol. The van der Waals surface area contributed by atoms with Crippen LogP contribution in [0, 0.1) is 0 Å². The summed E-state index contributed by atoms with van der Waals surface area (Å²) in [6.45, 7) is 4.50. The molecule has 3 N–H and O–H groups in total. The summed E-state index contributed by atoms with van der Waals surface area (Å²) in [5, 5.41) is 8.05. The van der Waals surface area contributed by atoms with Gasteiger partial charge in [-0.15, -0.1) is 24.0 Å². The predicted molar refractivity (Wildman–Crippen MR) is 139 cm³/mol. The molecule has 0 aliphatic heterocycles. The van der Waals surface area contributed by atoms with Gasteiger partial charge in [0.05, 0.1) is 14.2 Å². The maximum Gasteiger partial charge on any atom is 0.191 e. The first-order valence-electron chi connectivity index (χ1n) is 10.5. The summed E-state index contributed by atoms with van der Waals surface area (Å²) in [4.78, 5) is 8.06.